The molecular weight excluding hydrogens is 178 g/mol. The van der Waals surface area contributed by atoms with Gasteiger partial charge in [-0.25, -0.2) is 0 Å². The van der Waals surface area contributed by atoms with Crippen LogP contribution >= 0.6 is 0 Å². The average molecular weight is 201 g/mol. The van der Waals surface area contributed by atoms with Crippen molar-refractivity contribution in [2.75, 3.05) is 27.2 Å². The number of carbonyl (C=O) groups is 1. The van der Waals surface area contributed by atoms with Gasteiger partial charge >= 0.3 is 0 Å². The summed E-state index contributed by atoms with van der Waals surface area (Å²) in [6.45, 7) is 5.07. The standard InChI is InChI=1S/C10H23N3O/c1-5-10(11,6-2)8-12-9(14)7-13(3)4/h5-8,11H2,1-4H3,(H,12,14). The fourth-order valence-electron chi connectivity index (χ4n) is 1.12. The van der Waals surface area contributed by atoms with Crippen LogP contribution in [0.15, 0.2) is 0 Å². The van der Waals surface area contributed by atoms with Gasteiger partial charge in [0.2, 0.25) is 5.91 Å². The number of likely N-dealkylation sites (N-methyl/N-ethyl adjacent to an activating group) is 1. The lowest BCUT2D eigenvalue weighted by Crippen LogP contribution is -2.50. The summed E-state index contributed by atoms with van der Waals surface area (Å²) in [4.78, 5) is 13.2. The molecule has 0 spiro atoms. The predicted octanol–water partition coefficient (Wildman–Crippen LogP) is 0.182. The number of hydrogen-bond acceptors (Lipinski definition) is 3. The van der Waals surface area contributed by atoms with Crippen molar-refractivity contribution >= 4 is 5.91 Å². The van der Waals surface area contributed by atoms with Crippen LogP contribution in [0.4, 0.5) is 0 Å². The van der Waals surface area contributed by atoms with Gasteiger partial charge in [-0.3, -0.25) is 4.79 Å². The Morgan fingerprint density at radius 3 is 2.21 bits per heavy atom. The van der Waals surface area contributed by atoms with E-state index in [4.69, 9.17) is 5.73 Å². The van der Waals surface area contributed by atoms with Crippen LogP contribution in [0.5, 0.6) is 0 Å². The van der Waals surface area contributed by atoms with Crippen molar-refractivity contribution in [1.29, 1.82) is 0 Å². The van der Waals surface area contributed by atoms with Crippen LogP contribution in [-0.2, 0) is 4.79 Å². The molecule has 1 amide bonds. The fraction of sp³-hybridized carbons (Fsp3) is 0.900. The van der Waals surface area contributed by atoms with Crippen LogP contribution in [0.3, 0.4) is 0 Å². The molecular formula is C10H23N3O. The van der Waals surface area contributed by atoms with E-state index in [0.29, 0.717) is 13.1 Å². The zero-order valence-corrected chi connectivity index (χ0v) is 9.76. The number of nitrogens with zero attached hydrogens (tertiary/aromatic N) is 1. The molecule has 0 unspecified atom stereocenters. The van der Waals surface area contributed by atoms with Gasteiger partial charge in [-0.05, 0) is 26.9 Å². The maximum atomic E-state index is 11.3. The van der Waals surface area contributed by atoms with Gasteiger partial charge in [-0.1, -0.05) is 13.8 Å². The third-order valence-electron chi connectivity index (χ3n) is 2.51. The van der Waals surface area contributed by atoms with Crippen LogP contribution in [0.1, 0.15) is 26.7 Å². The Morgan fingerprint density at radius 1 is 1.36 bits per heavy atom. The van der Waals surface area contributed by atoms with Gasteiger partial charge in [-0.2, -0.15) is 0 Å². The lowest BCUT2D eigenvalue weighted by atomic mass is 9.94. The molecule has 3 N–H and O–H groups in total. The van der Waals surface area contributed by atoms with E-state index >= 15 is 0 Å². The predicted molar refractivity (Wildman–Crippen MR) is 59.1 cm³/mol. The van der Waals surface area contributed by atoms with Gasteiger partial charge in [0.25, 0.3) is 0 Å². The van der Waals surface area contributed by atoms with E-state index in [1.165, 1.54) is 0 Å². The number of rotatable bonds is 6. The molecule has 0 bridgehead atoms. The van der Waals surface area contributed by atoms with Gasteiger partial charge in [0, 0.05) is 12.1 Å². The van der Waals surface area contributed by atoms with Crippen LogP contribution in [-0.4, -0.2) is 43.5 Å². The molecule has 0 atom stereocenters. The van der Waals surface area contributed by atoms with E-state index in [0.717, 1.165) is 12.8 Å². The Morgan fingerprint density at radius 2 is 1.86 bits per heavy atom. The molecule has 0 aromatic heterocycles. The smallest absolute Gasteiger partial charge is 0.234 e. The third kappa shape index (κ3) is 5.19. The SMILES string of the molecule is CCC(N)(CC)CNC(=O)CN(C)C. The zero-order chi connectivity index (χ0) is 11.2. The lowest BCUT2D eigenvalue weighted by molar-refractivity contribution is -0.121. The van der Waals surface area contributed by atoms with Crippen molar-refractivity contribution in [3.63, 3.8) is 0 Å². The van der Waals surface area contributed by atoms with Crippen molar-refractivity contribution in [2.45, 2.75) is 32.2 Å². The minimum Gasteiger partial charge on any atom is -0.353 e. The first-order valence-electron chi connectivity index (χ1n) is 5.14. The maximum absolute atomic E-state index is 11.3. The molecule has 84 valence electrons. The Labute approximate surface area is 86.8 Å². The third-order valence-corrected chi connectivity index (χ3v) is 2.51. The molecule has 0 heterocycles. The topological polar surface area (TPSA) is 58.4 Å². The van der Waals surface area contributed by atoms with E-state index in [9.17, 15) is 4.79 Å². The Kier molecular flexibility index (Phi) is 5.72. The number of carbonyl (C=O) groups excluding carboxylic acids is 1. The van der Waals surface area contributed by atoms with Crippen LogP contribution in [0.25, 0.3) is 0 Å². The summed E-state index contributed by atoms with van der Waals surface area (Å²) in [6.07, 6.45) is 1.76. The number of nitrogens with one attached hydrogen (secondary N) is 1. The maximum Gasteiger partial charge on any atom is 0.234 e. The van der Waals surface area contributed by atoms with Crippen molar-refractivity contribution in [2.24, 2.45) is 5.73 Å². The van der Waals surface area contributed by atoms with E-state index in [1.807, 2.05) is 32.8 Å². The highest BCUT2D eigenvalue weighted by molar-refractivity contribution is 5.78. The first-order valence-corrected chi connectivity index (χ1v) is 5.14. The summed E-state index contributed by atoms with van der Waals surface area (Å²) in [7, 11) is 3.74. The Hall–Kier alpha value is -0.610. The highest BCUT2D eigenvalue weighted by Gasteiger charge is 2.20. The molecule has 0 rings (SSSR count). The molecule has 0 aliphatic carbocycles. The van der Waals surface area contributed by atoms with E-state index in [2.05, 4.69) is 5.32 Å². The highest BCUT2D eigenvalue weighted by atomic mass is 16.2. The highest BCUT2D eigenvalue weighted by Crippen LogP contribution is 2.08. The summed E-state index contributed by atoms with van der Waals surface area (Å²) in [5.74, 6) is 0.0340. The van der Waals surface area contributed by atoms with Gasteiger partial charge in [0.1, 0.15) is 0 Å². The first-order chi connectivity index (χ1) is 6.43. The van der Waals surface area contributed by atoms with Crippen molar-refractivity contribution in [1.82, 2.24) is 10.2 Å². The van der Waals surface area contributed by atoms with Crippen LogP contribution in [0, 0.1) is 0 Å². The second-order valence-corrected chi connectivity index (χ2v) is 4.08. The van der Waals surface area contributed by atoms with E-state index in [-0.39, 0.29) is 11.4 Å². The van der Waals surface area contributed by atoms with Crippen LogP contribution < -0.4 is 11.1 Å². The molecule has 0 aliphatic heterocycles. The largest absolute Gasteiger partial charge is 0.353 e. The summed E-state index contributed by atoms with van der Waals surface area (Å²) in [5, 5.41) is 2.85. The normalized spacial score (nSPS) is 11.9. The number of hydrogen-bond donors (Lipinski definition) is 2. The van der Waals surface area contributed by atoms with Crippen LogP contribution in [0.2, 0.25) is 0 Å². The van der Waals surface area contributed by atoms with Gasteiger partial charge < -0.3 is 16.0 Å². The van der Waals surface area contributed by atoms with Crippen molar-refractivity contribution < 1.29 is 4.79 Å². The van der Waals surface area contributed by atoms with Gasteiger partial charge in [0.15, 0.2) is 0 Å². The van der Waals surface area contributed by atoms with E-state index < -0.39 is 0 Å². The molecule has 0 aliphatic rings. The minimum absolute atomic E-state index is 0.0340. The zero-order valence-electron chi connectivity index (χ0n) is 9.76. The van der Waals surface area contributed by atoms with Crippen molar-refractivity contribution in [3.05, 3.63) is 0 Å². The average Bonchev–Trinajstić information content (AvgIpc) is 2.13. The molecule has 4 nitrogen and oxygen atoms in total. The van der Waals surface area contributed by atoms with E-state index in [1.54, 1.807) is 0 Å². The first kappa shape index (κ1) is 13.4. The van der Waals surface area contributed by atoms with Crippen molar-refractivity contribution in [3.8, 4) is 0 Å². The van der Waals surface area contributed by atoms with Gasteiger partial charge in [-0.15, -0.1) is 0 Å². The quantitative estimate of drug-likeness (QED) is 0.644. The lowest BCUT2D eigenvalue weighted by Gasteiger charge is -2.27. The summed E-state index contributed by atoms with van der Waals surface area (Å²) < 4.78 is 0. The second kappa shape index (κ2) is 5.98. The van der Waals surface area contributed by atoms with Gasteiger partial charge in [0.05, 0.1) is 6.54 Å². The molecule has 0 saturated carbocycles. The molecule has 14 heavy (non-hydrogen) atoms. The molecule has 0 fully saturated rings. The summed E-state index contributed by atoms with van der Waals surface area (Å²) >= 11 is 0. The molecule has 4 heteroatoms. The number of amides is 1. The molecule has 0 saturated heterocycles. The fourth-order valence-corrected chi connectivity index (χ4v) is 1.12. The molecule has 0 aromatic carbocycles. The Balaban J connectivity index is 3.86. The molecule has 0 aromatic rings. The summed E-state index contributed by atoms with van der Waals surface area (Å²) in [5.41, 5.74) is 5.80. The second-order valence-electron chi connectivity index (χ2n) is 4.08. The monoisotopic (exact) mass is 201 g/mol. The minimum atomic E-state index is -0.248. The number of nitrogens with two attached hydrogens (primary N) is 1. The summed E-state index contributed by atoms with van der Waals surface area (Å²) in [6, 6.07) is 0. The Bertz CT molecular complexity index is 176. The molecule has 0 radical (unpaired) electrons.